The average Bonchev–Trinajstić information content (AvgIpc) is 2.87. The number of carbonyl (C=O) groups excluding carboxylic acids is 2. The van der Waals surface area contributed by atoms with Gasteiger partial charge in [0, 0.05) is 60.3 Å². The van der Waals surface area contributed by atoms with Crippen molar-refractivity contribution in [1.29, 1.82) is 0 Å². The number of rotatable bonds is 12. The second kappa shape index (κ2) is 13.6. The number of carbonyl (C=O) groups is 2. The van der Waals surface area contributed by atoms with Gasteiger partial charge in [0.05, 0.1) is 12.1 Å². The molecule has 1 aliphatic rings. The Labute approximate surface area is 244 Å². The number of anilines is 1. The van der Waals surface area contributed by atoms with Crippen molar-refractivity contribution in [2.75, 3.05) is 31.1 Å². The lowest BCUT2D eigenvalue weighted by molar-refractivity contribution is -0.128. The van der Waals surface area contributed by atoms with Crippen molar-refractivity contribution in [3.63, 3.8) is 0 Å². The molecule has 0 aliphatic carbocycles. The minimum atomic E-state index is -0.636. The smallest absolute Gasteiger partial charge is 0.223 e. The summed E-state index contributed by atoms with van der Waals surface area (Å²) in [6.45, 7) is 5.40. The highest BCUT2D eigenvalue weighted by Crippen LogP contribution is 2.36. The maximum Gasteiger partial charge on any atom is 0.223 e. The van der Waals surface area contributed by atoms with Gasteiger partial charge in [0.2, 0.25) is 5.91 Å². The van der Waals surface area contributed by atoms with Gasteiger partial charge in [-0.3, -0.25) is 9.69 Å². The molecule has 9 heteroatoms. The zero-order chi connectivity index (χ0) is 28.8. The monoisotopic (exact) mass is 587 g/mol. The van der Waals surface area contributed by atoms with Crippen molar-refractivity contribution in [2.24, 2.45) is 5.92 Å². The summed E-state index contributed by atoms with van der Waals surface area (Å²) in [4.78, 5) is 28.0. The summed E-state index contributed by atoms with van der Waals surface area (Å²) in [6.07, 6.45) is 0.770. The molecule has 40 heavy (non-hydrogen) atoms. The highest BCUT2D eigenvalue weighted by atomic mass is 35.5. The normalized spacial score (nSPS) is 14.6. The number of nitrogens with zero attached hydrogens (tertiary/aromatic N) is 2. The van der Waals surface area contributed by atoms with E-state index in [1.165, 1.54) is 19.1 Å². The molecule has 1 aliphatic heterocycles. The summed E-state index contributed by atoms with van der Waals surface area (Å²) in [5.41, 5.74) is 2.62. The van der Waals surface area contributed by atoms with Gasteiger partial charge < -0.3 is 15.0 Å². The van der Waals surface area contributed by atoms with E-state index in [-0.39, 0.29) is 30.2 Å². The second-order valence-electron chi connectivity index (χ2n) is 10.4. The predicted molar refractivity (Wildman–Crippen MR) is 156 cm³/mol. The number of benzene rings is 3. The zero-order valence-electron chi connectivity index (χ0n) is 22.5. The van der Waals surface area contributed by atoms with E-state index in [1.54, 1.807) is 6.92 Å². The Hall–Kier alpha value is -3.00. The van der Waals surface area contributed by atoms with Crippen molar-refractivity contribution in [2.45, 2.75) is 38.8 Å². The molecule has 1 unspecified atom stereocenters. The fourth-order valence-corrected chi connectivity index (χ4v) is 5.44. The molecule has 212 valence electrons. The Morgan fingerprint density at radius 3 is 1.98 bits per heavy atom. The van der Waals surface area contributed by atoms with Crippen molar-refractivity contribution in [1.82, 2.24) is 10.2 Å². The quantitative estimate of drug-likeness (QED) is 0.240. The molecule has 1 amide bonds. The summed E-state index contributed by atoms with van der Waals surface area (Å²) < 4.78 is 28.4. The number of halogens is 4. The van der Waals surface area contributed by atoms with E-state index >= 15 is 0 Å². The summed E-state index contributed by atoms with van der Waals surface area (Å²) in [5, 5.41) is 4.18. The van der Waals surface area contributed by atoms with Gasteiger partial charge in [-0.2, -0.15) is 0 Å². The maximum absolute atomic E-state index is 14.2. The van der Waals surface area contributed by atoms with Gasteiger partial charge in [0.15, 0.2) is 0 Å². The van der Waals surface area contributed by atoms with Crippen LogP contribution in [0.5, 0.6) is 0 Å². The topological polar surface area (TPSA) is 52.7 Å². The summed E-state index contributed by atoms with van der Waals surface area (Å²) in [6, 6.07) is 19.0. The van der Waals surface area contributed by atoms with Crippen LogP contribution in [0.25, 0.3) is 0 Å². The fourth-order valence-electron chi connectivity index (χ4n) is 5.19. The van der Waals surface area contributed by atoms with Crippen LogP contribution in [0.3, 0.4) is 0 Å². The Morgan fingerprint density at radius 2 is 1.48 bits per heavy atom. The molecular formula is C31H33Cl2F2N3O2. The predicted octanol–water partition coefficient (Wildman–Crippen LogP) is 6.67. The first-order chi connectivity index (χ1) is 19.1. The molecule has 0 bridgehead atoms. The summed E-state index contributed by atoms with van der Waals surface area (Å²) in [7, 11) is 0. The van der Waals surface area contributed by atoms with Crippen molar-refractivity contribution in [3.05, 3.63) is 99.5 Å². The third-order valence-corrected chi connectivity index (χ3v) is 7.67. The SMILES string of the molecule is CC(=O)CC(C)C(=O)NCCCN(c1cc(F)cc(F)c1)C1CN(C(c2ccc(Cl)cc2)c2ccc(Cl)cc2)C1. The number of amides is 1. The van der Waals surface area contributed by atoms with Gasteiger partial charge in [0.25, 0.3) is 0 Å². The van der Waals surface area contributed by atoms with E-state index in [9.17, 15) is 18.4 Å². The molecule has 1 saturated heterocycles. The number of hydrogen-bond acceptors (Lipinski definition) is 4. The average molecular weight is 589 g/mol. The van der Waals surface area contributed by atoms with Crippen LogP contribution in [0.2, 0.25) is 10.0 Å². The number of likely N-dealkylation sites (tertiary alicyclic amines) is 1. The van der Waals surface area contributed by atoms with Crippen LogP contribution in [0.4, 0.5) is 14.5 Å². The first-order valence-electron chi connectivity index (χ1n) is 13.4. The Morgan fingerprint density at radius 1 is 0.950 bits per heavy atom. The van der Waals surface area contributed by atoms with Crippen molar-refractivity contribution in [3.8, 4) is 0 Å². The van der Waals surface area contributed by atoms with Gasteiger partial charge in [-0.15, -0.1) is 0 Å². The second-order valence-corrected chi connectivity index (χ2v) is 11.3. The van der Waals surface area contributed by atoms with Gasteiger partial charge in [-0.05, 0) is 60.9 Å². The maximum atomic E-state index is 14.2. The van der Waals surface area contributed by atoms with E-state index in [2.05, 4.69) is 10.2 Å². The van der Waals surface area contributed by atoms with E-state index in [0.717, 1.165) is 17.2 Å². The number of Topliss-reactive ketones (excluding diaryl/α,β-unsaturated/α-hetero) is 1. The molecule has 0 saturated carbocycles. The van der Waals surface area contributed by atoms with Gasteiger partial charge in [0.1, 0.15) is 17.4 Å². The van der Waals surface area contributed by atoms with E-state index in [0.29, 0.717) is 48.3 Å². The summed E-state index contributed by atoms with van der Waals surface area (Å²) >= 11 is 12.3. The van der Waals surface area contributed by atoms with Crippen LogP contribution >= 0.6 is 23.2 Å². The minimum Gasteiger partial charge on any atom is -0.366 e. The highest BCUT2D eigenvalue weighted by Gasteiger charge is 2.37. The van der Waals surface area contributed by atoms with Gasteiger partial charge in [-0.25, -0.2) is 8.78 Å². The fraction of sp³-hybridized carbons (Fsp3) is 0.355. The first kappa shape index (κ1) is 30.0. The molecule has 1 heterocycles. The highest BCUT2D eigenvalue weighted by molar-refractivity contribution is 6.30. The van der Waals surface area contributed by atoms with Crippen LogP contribution in [0.1, 0.15) is 43.9 Å². The van der Waals surface area contributed by atoms with Crippen molar-refractivity contribution >= 4 is 40.6 Å². The lowest BCUT2D eigenvalue weighted by Gasteiger charge is -2.50. The molecule has 0 radical (unpaired) electrons. The van der Waals surface area contributed by atoms with Crippen LogP contribution in [-0.4, -0.2) is 48.8 Å². The molecular weight excluding hydrogens is 555 g/mol. The molecule has 5 nitrogen and oxygen atoms in total. The van der Waals surface area contributed by atoms with E-state index in [4.69, 9.17) is 23.2 Å². The molecule has 0 spiro atoms. The largest absolute Gasteiger partial charge is 0.366 e. The zero-order valence-corrected chi connectivity index (χ0v) is 24.1. The third kappa shape index (κ3) is 7.80. The molecule has 4 rings (SSSR count). The Kier molecular flexibility index (Phi) is 10.2. The summed E-state index contributed by atoms with van der Waals surface area (Å²) in [5.74, 6) is -1.89. The molecule has 1 fully saturated rings. The van der Waals surface area contributed by atoms with E-state index < -0.39 is 17.6 Å². The first-order valence-corrected chi connectivity index (χ1v) is 14.1. The molecule has 3 aromatic carbocycles. The third-order valence-electron chi connectivity index (χ3n) is 7.16. The van der Waals surface area contributed by atoms with Crippen LogP contribution in [0.15, 0.2) is 66.7 Å². The lowest BCUT2D eigenvalue weighted by Crippen LogP contribution is -2.60. The minimum absolute atomic E-state index is 0.00985. The Bertz CT molecular complexity index is 1250. The standard InChI is InChI=1S/C31H33Cl2F2N3O2/c1-20(14-21(2)39)31(40)36-12-3-13-38(28-16-26(34)15-27(35)17-28)29-18-37(19-29)30(22-4-8-24(32)9-5-22)23-6-10-25(33)11-7-23/h4-11,15-17,20,29-30H,3,12-14,18-19H2,1-2H3,(H,36,40). The number of nitrogens with one attached hydrogen (secondary N) is 1. The molecule has 3 aromatic rings. The number of hydrogen-bond donors (Lipinski definition) is 1. The number of ketones is 1. The molecule has 1 atom stereocenters. The van der Waals surface area contributed by atoms with Gasteiger partial charge >= 0.3 is 0 Å². The molecule has 0 aromatic heterocycles. The Balaban J connectivity index is 1.48. The van der Waals surface area contributed by atoms with Crippen LogP contribution in [-0.2, 0) is 9.59 Å². The molecule has 1 N–H and O–H groups in total. The lowest BCUT2D eigenvalue weighted by atomic mass is 9.92. The van der Waals surface area contributed by atoms with Crippen LogP contribution in [0, 0.1) is 17.6 Å². The van der Waals surface area contributed by atoms with Gasteiger partial charge in [-0.1, -0.05) is 54.4 Å². The van der Waals surface area contributed by atoms with Crippen molar-refractivity contribution < 1.29 is 18.4 Å². The van der Waals surface area contributed by atoms with Crippen LogP contribution < -0.4 is 10.2 Å². The van der Waals surface area contributed by atoms with E-state index in [1.807, 2.05) is 53.4 Å².